The van der Waals surface area contributed by atoms with Crippen molar-refractivity contribution in [1.29, 1.82) is 0 Å². The Morgan fingerprint density at radius 1 is 1.45 bits per heavy atom. The molecule has 20 heavy (non-hydrogen) atoms. The van der Waals surface area contributed by atoms with Gasteiger partial charge in [0.15, 0.2) is 0 Å². The van der Waals surface area contributed by atoms with E-state index in [9.17, 15) is 9.59 Å². The predicted octanol–water partition coefficient (Wildman–Crippen LogP) is -0.217. The van der Waals surface area contributed by atoms with E-state index in [-0.39, 0.29) is 24.4 Å². The van der Waals surface area contributed by atoms with Crippen LogP contribution in [-0.4, -0.2) is 66.9 Å². The average Bonchev–Trinajstić information content (AvgIpc) is 2.39. The molecule has 2 amide bonds. The first kappa shape index (κ1) is 16.9. The first-order chi connectivity index (χ1) is 9.43. The summed E-state index contributed by atoms with van der Waals surface area (Å²) < 4.78 is 0. The van der Waals surface area contributed by atoms with E-state index in [1.165, 1.54) is 4.90 Å². The van der Waals surface area contributed by atoms with Gasteiger partial charge in [0, 0.05) is 32.2 Å². The normalized spacial score (nSPS) is 23.4. The van der Waals surface area contributed by atoms with Crippen LogP contribution in [0.25, 0.3) is 0 Å². The molecule has 3 N–H and O–H groups in total. The molecule has 1 heterocycles. The van der Waals surface area contributed by atoms with Gasteiger partial charge in [0.2, 0.25) is 11.8 Å². The molecule has 0 bridgehead atoms. The third-order valence-corrected chi connectivity index (χ3v) is 3.77. The first-order valence-electron chi connectivity index (χ1n) is 7.44. The van der Waals surface area contributed by atoms with E-state index in [1.54, 1.807) is 7.05 Å². The Hall–Kier alpha value is -1.14. The van der Waals surface area contributed by atoms with E-state index in [4.69, 9.17) is 5.73 Å². The first-order valence-corrected chi connectivity index (χ1v) is 7.44. The SMILES string of the molecule is CCCNC(=O)CN(C)C(=O)CN1CCC(N)CC1C. The van der Waals surface area contributed by atoms with Crippen LogP contribution in [0, 0.1) is 0 Å². The predicted molar refractivity (Wildman–Crippen MR) is 79.2 cm³/mol. The van der Waals surface area contributed by atoms with Crippen molar-refractivity contribution in [2.24, 2.45) is 5.73 Å². The number of nitrogens with two attached hydrogens (primary N) is 1. The number of hydrogen-bond acceptors (Lipinski definition) is 4. The molecule has 0 spiro atoms. The molecule has 1 rings (SSSR count). The van der Waals surface area contributed by atoms with Crippen LogP contribution in [0.5, 0.6) is 0 Å². The maximum absolute atomic E-state index is 12.1. The lowest BCUT2D eigenvalue weighted by molar-refractivity contribution is -0.136. The van der Waals surface area contributed by atoms with Gasteiger partial charge in [-0.2, -0.15) is 0 Å². The van der Waals surface area contributed by atoms with Crippen LogP contribution in [0.15, 0.2) is 0 Å². The van der Waals surface area contributed by atoms with Crippen molar-refractivity contribution in [1.82, 2.24) is 15.1 Å². The highest BCUT2D eigenvalue weighted by molar-refractivity contribution is 5.85. The molecular formula is C14H28N4O2. The van der Waals surface area contributed by atoms with Crippen LogP contribution >= 0.6 is 0 Å². The van der Waals surface area contributed by atoms with E-state index in [0.29, 0.717) is 19.1 Å². The van der Waals surface area contributed by atoms with Crippen molar-refractivity contribution in [3.05, 3.63) is 0 Å². The zero-order chi connectivity index (χ0) is 15.1. The molecule has 0 radical (unpaired) electrons. The summed E-state index contributed by atoms with van der Waals surface area (Å²) in [4.78, 5) is 27.3. The average molecular weight is 284 g/mol. The van der Waals surface area contributed by atoms with E-state index in [0.717, 1.165) is 25.8 Å². The Kier molecular flexibility index (Phi) is 6.95. The molecule has 6 heteroatoms. The number of carbonyl (C=O) groups is 2. The molecule has 2 unspecified atom stereocenters. The monoisotopic (exact) mass is 284 g/mol. The Morgan fingerprint density at radius 3 is 2.75 bits per heavy atom. The molecule has 1 aliphatic heterocycles. The lowest BCUT2D eigenvalue weighted by Crippen LogP contribution is -2.50. The second-order valence-corrected chi connectivity index (χ2v) is 5.70. The molecule has 1 fully saturated rings. The smallest absolute Gasteiger partial charge is 0.239 e. The van der Waals surface area contributed by atoms with Crippen molar-refractivity contribution in [2.45, 2.75) is 45.2 Å². The van der Waals surface area contributed by atoms with Crippen molar-refractivity contribution < 1.29 is 9.59 Å². The van der Waals surface area contributed by atoms with Gasteiger partial charge in [0.25, 0.3) is 0 Å². The van der Waals surface area contributed by atoms with Crippen LogP contribution in [-0.2, 0) is 9.59 Å². The zero-order valence-electron chi connectivity index (χ0n) is 12.9. The van der Waals surface area contributed by atoms with Crippen molar-refractivity contribution >= 4 is 11.8 Å². The van der Waals surface area contributed by atoms with Gasteiger partial charge in [-0.3, -0.25) is 14.5 Å². The second kappa shape index (κ2) is 8.21. The Balaban J connectivity index is 2.36. The largest absolute Gasteiger partial charge is 0.355 e. The van der Waals surface area contributed by atoms with Gasteiger partial charge in [0.05, 0.1) is 13.1 Å². The van der Waals surface area contributed by atoms with Gasteiger partial charge >= 0.3 is 0 Å². The lowest BCUT2D eigenvalue weighted by Gasteiger charge is -2.36. The summed E-state index contributed by atoms with van der Waals surface area (Å²) in [5, 5.41) is 2.77. The minimum absolute atomic E-state index is 0.0148. The molecule has 0 aliphatic carbocycles. The number of rotatable bonds is 6. The van der Waals surface area contributed by atoms with Crippen LogP contribution in [0.2, 0.25) is 0 Å². The Morgan fingerprint density at radius 2 is 2.15 bits per heavy atom. The molecule has 0 saturated carbocycles. The van der Waals surface area contributed by atoms with E-state index >= 15 is 0 Å². The molecular weight excluding hydrogens is 256 g/mol. The third kappa shape index (κ3) is 5.46. The van der Waals surface area contributed by atoms with Gasteiger partial charge in [-0.15, -0.1) is 0 Å². The fourth-order valence-corrected chi connectivity index (χ4v) is 2.41. The van der Waals surface area contributed by atoms with E-state index < -0.39 is 0 Å². The number of likely N-dealkylation sites (tertiary alicyclic amines) is 1. The van der Waals surface area contributed by atoms with Gasteiger partial charge in [-0.25, -0.2) is 0 Å². The summed E-state index contributed by atoms with van der Waals surface area (Å²) in [6.45, 7) is 6.09. The number of hydrogen-bond donors (Lipinski definition) is 2. The lowest BCUT2D eigenvalue weighted by atomic mass is 9.99. The molecule has 6 nitrogen and oxygen atoms in total. The number of carbonyl (C=O) groups excluding carboxylic acids is 2. The summed E-state index contributed by atoms with van der Waals surface area (Å²) in [5.41, 5.74) is 5.92. The second-order valence-electron chi connectivity index (χ2n) is 5.70. The zero-order valence-corrected chi connectivity index (χ0v) is 12.9. The van der Waals surface area contributed by atoms with Crippen LogP contribution in [0.3, 0.4) is 0 Å². The minimum Gasteiger partial charge on any atom is -0.355 e. The van der Waals surface area contributed by atoms with Crippen LogP contribution in [0.4, 0.5) is 0 Å². The highest BCUT2D eigenvalue weighted by Gasteiger charge is 2.26. The van der Waals surface area contributed by atoms with E-state index in [2.05, 4.69) is 17.1 Å². The minimum atomic E-state index is -0.101. The summed E-state index contributed by atoms with van der Waals surface area (Å²) in [5.74, 6) is -0.115. The maximum Gasteiger partial charge on any atom is 0.239 e. The summed E-state index contributed by atoms with van der Waals surface area (Å²) in [6, 6.07) is 0.568. The fraction of sp³-hybridized carbons (Fsp3) is 0.857. The van der Waals surface area contributed by atoms with Gasteiger partial charge in [0.1, 0.15) is 0 Å². The van der Waals surface area contributed by atoms with Crippen LogP contribution < -0.4 is 11.1 Å². The summed E-state index contributed by atoms with van der Waals surface area (Å²) in [7, 11) is 1.67. The summed E-state index contributed by atoms with van der Waals surface area (Å²) in [6.07, 6.45) is 2.75. The van der Waals surface area contributed by atoms with E-state index in [1.807, 2.05) is 6.92 Å². The molecule has 0 aromatic rings. The van der Waals surface area contributed by atoms with Gasteiger partial charge in [-0.05, 0) is 26.2 Å². The van der Waals surface area contributed by atoms with Crippen molar-refractivity contribution in [2.75, 3.05) is 33.2 Å². The maximum atomic E-state index is 12.1. The molecule has 1 saturated heterocycles. The molecule has 1 aliphatic rings. The third-order valence-electron chi connectivity index (χ3n) is 3.77. The molecule has 0 aromatic heterocycles. The topological polar surface area (TPSA) is 78.7 Å². The molecule has 2 atom stereocenters. The van der Waals surface area contributed by atoms with Gasteiger partial charge in [-0.1, -0.05) is 6.92 Å². The van der Waals surface area contributed by atoms with Crippen molar-refractivity contribution in [3.8, 4) is 0 Å². The highest BCUT2D eigenvalue weighted by Crippen LogP contribution is 2.15. The van der Waals surface area contributed by atoms with Crippen LogP contribution in [0.1, 0.15) is 33.1 Å². The number of amides is 2. The molecule has 116 valence electrons. The number of piperidine rings is 1. The Bertz CT molecular complexity index is 335. The van der Waals surface area contributed by atoms with Crippen molar-refractivity contribution in [3.63, 3.8) is 0 Å². The number of likely N-dealkylation sites (N-methyl/N-ethyl adjacent to an activating group) is 1. The fourth-order valence-electron chi connectivity index (χ4n) is 2.41. The Labute approximate surface area is 121 Å². The quantitative estimate of drug-likeness (QED) is 0.707. The highest BCUT2D eigenvalue weighted by atomic mass is 16.2. The number of nitrogens with one attached hydrogen (secondary N) is 1. The number of nitrogens with zero attached hydrogens (tertiary/aromatic N) is 2. The summed E-state index contributed by atoms with van der Waals surface area (Å²) >= 11 is 0. The molecule has 0 aromatic carbocycles. The van der Waals surface area contributed by atoms with Gasteiger partial charge < -0.3 is 16.0 Å². The standard InChI is InChI=1S/C14H28N4O2/c1-4-6-16-13(19)9-17(3)14(20)10-18-7-5-12(15)8-11(18)2/h11-12H,4-10,15H2,1-3H3,(H,16,19).